The smallest absolute Gasteiger partial charge is 0.347 e. The molecule has 5 heteroatoms. The van der Waals surface area contributed by atoms with Crippen LogP contribution >= 0.6 is 0 Å². The van der Waals surface area contributed by atoms with Crippen LogP contribution in [-0.2, 0) is 14.3 Å². The Kier molecular flexibility index (Phi) is 5.08. The van der Waals surface area contributed by atoms with Gasteiger partial charge in [-0.3, -0.25) is 0 Å². The van der Waals surface area contributed by atoms with Gasteiger partial charge in [0.1, 0.15) is 0 Å². The summed E-state index contributed by atoms with van der Waals surface area (Å²) in [6.45, 7) is 0. The molecule has 0 aromatic heterocycles. The van der Waals surface area contributed by atoms with Crippen molar-refractivity contribution in [3.8, 4) is 0 Å². The zero-order chi connectivity index (χ0) is 20.4. The van der Waals surface area contributed by atoms with Crippen LogP contribution in [0.4, 0.5) is 0 Å². The lowest BCUT2D eigenvalue weighted by Gasteiger charge is -2.15. The Balaban J connectivity index is 1.56. The van der Waals surface area contributed by atoms with E-state index in [0.29, 0.717) is 21.9 Å². The van der Waals surface area contributed by atoms with Crippen LogP contribution in [0.15, 0.2) is 84.9 Å². The molecule has 0 fully saturated rings. The van der Waals surface area contributed by atoms with E-state index in [-0.39, 0.29) is 0 Å². The lowest BCUT2D eigenvalue weighted by Crippen LogP contribution is -2.24. The molecule has 144 valence electrons. The van der Waals surface area contributed by atoms with Crippen molar-refractivity contribution in [3.63, 3.8) is 0 Å². The lowest BCUT2D eigenvalue weighted by atomic mass is 10.00. The lowest BCUT2D eigenvalue weighted by molar-refractivity contribution is -0.171. The highest BCUT2D eigenvalue weighted by Crippen LogP contribution is 2.27. The molecule has 0 amide bonds. The second kappa shape index (κ2) is 7.83. The minimum absolute atomic E-state index is 0.334. The molecule has 2 unspecified atom stereocenters. The highest BCUT2D eigenvalue weighted by Gasteiger charge is 2.28. The number of rotatable bonds is 4. The first-order valence-electron chi connectivity index (χ1n) is 9.13. The molecule has 4 aromatic carbocycles. The topological polar surface area (TPSA) is 83.8 Å². The van der Waals surface area contributed by atoms with Crippen LogP contribution < -0.4 is 0 Å². The number of esters is 2. The maximum atomic E-state index is 12.4. The van der Waals surface area contributed by atoms with E-state index < -0.39 is 24.1 Å². The van der Waals surface area contributed by atoms with Crippen molar-refractivity contribution in [1.29, 1.82) is 0 Å². The number of carbonyl (C=O) groups is 2. The fourth-order valence-electron chi connectivity index (χ4n) is 3.44. The van der Waals surface area contributed by atoms with Gasteiger partial charge in [-0.15, -0.1) is 0 Å². The molecule has 29 heavy (non-hydrogen) atoms. The Morgan fingerprint density at radius 2 is 0.966 bits per heavy atom. The predicted octanol–water partition coefficient (Wildman–Crippen LogP) is 3.83. The molecule has 0 bridgehead atoms. The Morgan fingerprint density at radius 3 is 1.41 bits per heavy atom. The first-order valence-corrected chi connectivity index (χ1v) is 9.13. The van der Waals surface area contributed by atoms with E-state index in [0.717, 1.165) is 10.8 Å². The maximum absolute atomic E-state index is 12.4. The monoisotopic (exact) mass is 386 g/mol. The molecule has 4 aromatic rings. The molecule has 0 spiro atoms. The molecule has 0 aliphatic rings. The van der Waals surface area contributed by atoms with E-state index in [2.05, 4.69) is 0 Å². The van der Waals surface area contributed by atoms with Crippen LogP contribution in [0.25, 0.3) is 21.5 Å². The zero-order valence-electron chi connectivity index (χ0n) is 15.4. The summed E-state index contributed by atoms with van der Waals surface area (Å²) in [4.78, 5) is 24.8. The van der Waals surface area contributed by atoms with Gasteiger partial charge in [0, 0.05) is 0 Å². The predicted molar refractivity (Wildman–Crippen MR) is 109 cm³/mol. The van der Waals surface area contributed by atoms with Gasteiger partial charge in [0.2, 0.25) is 0 Å². The van der Waals surface area contributed by atoms with Gasteiger partial charge in [0.25, 0.3) is 0 Å². The van der Waals surface area contributed by atoms with E-state index in [4.69, 9.17) is 4.74 Å². The fourth-order valence-corrected chi connectivity index (χ4v) is 3.44. The van der Waals surface area contributed by atoms with Gasteiger partial charge in [0.05, 0.1) is 0 Å². The van der Waals surface area contributed by atoms with Crippen LogP contribution in [0.1, 0.15) is 23.3 Å². The van der Waals surface area contributed by atoms with Crippen molar-refractivity contribution in [2.24, 2.45) is 0 Å². The summed E-state index contributed by atoms with van der Waals surface area (Å²) in [7, 11) is 0. The molecule has 4 rings (SSSR count). The molecule has 0 heterocycles. The van der Waals surface area contributed by atoms with Crippen molar-refractivity contribution in [1.82, 2.24) is 0 Å². The van der Waals surface area contributed by atoms with Crippen molar-refractivity contribution in [2.45, 2.75) is 12.2 Å². The first-order chi connectivity index (χ1) is 14.1. The Hall–Kier alpha value is -3.54. The van der Waals surface area contributed by atoms with Crippen LogP contribution in [-0.4, -0.2) is 22.2 Å². The minimum atomic E-state index is -1.65. The first kappa shape index (κ1) is 18.8. The van der Waals surface area contributed by atoms with Crippen LogP contribution in [0.5, 0.6) is 0 Å². The Morgan fingerprint density at radius 1 is 0.586 bits per heavy atom. The second-order valence-corrected chi connectivity index (χ2v) is 6.68. The quantitative estimate of drug-likeness (QED) is 0.411. The number of hydrogen-bond acceptors (Lipinski definition) is 5. The number of aliphatic hydroxyl groups is 2. The molecule has 0 saturated carbocycles. The van der Waals surface area contributed by atoms with E-state index in [1.54, 1.807) is 48.5 Å². The third-order valence-electron chi connectivity index (χ3n) is 4.88. The molecular weight excluding hydrogens is 368 g/mol. The normalized spacial score (nSPS) is 13.2. The van der Waals surface area contributed by atoms with Gasteiger partial charge in [-0.2, -0.15) is 0 Å². The SMILES string of the molecule is O=C(OC(=O)C(O)c1cccc2ccccc12)C(O)c1cccc2ccccc12. The second-order valence-electron chi connectivity index (χ2n) is 6.68. The Bertz CT molecular complexity index is 1110. The third kappa shape index (κ3) is 3.61. The van der Waals surface area contributed by atoms with Crippen molar-refractivity contribution >= 4 is 33.5 Å². The summed E-state index contributed by atoms with van der Waals surface area (Å²) < 4.78 is 4.80. The standard InChI is InChI=1S/C24H18O5/c25-21(19-13-5-9-15-7-1-3-11-17(15)19)23(27)29-24(28)22(26)20-14-6-10-16-8-2-4-12-18(16)20/h1-14,21-22,25-26H. The number of benzene rings is 4. The fraction of sp³-hybridized carbons (Fsp3) is 0.0833. The van der Waals surface area contributed by atoms with Gasteiger partial charge >= 0.3 is 11.9 Å². The van der Waals surface area contributed by atoms with Gasteiger partial charge in [-0.05, 0) is 32.7 Å². The molecule has 2 atom stereocenters. The van der Waals surface area contributed by atoms with Crippen LogP contribution in [0, 0.1) is 0 Å². The maximum Gasteiger partial charge on any atom is 0.347 e. The van der Waals surface area contributed by atoms with Gasteiger partial charge in [-0.25, -0.2) is 9.59 Å². The summed E-state index contributed by atoms with van der Waals surface area (Å²) in [5.74, 6) is -2.27. The molecule has 0 aliphatic carbocycles. The average molecular weight is 386 g/mol. The number of fused-ring (bicyclic) bond motifs is 2. The molecule has 5 nitrogen and oxygen atoms in total. The highest BCUT2D eigenvalue weighted by atomic mass is 16.6. The summed E-state index contributed by atoms with van der Waals surface area (Å²) in [5.41, 5.74) is 0.668. The van der Waals surface area contributed by atoms with Crippen molar-refractivity contribution < 1.29 is 24.5 Å². The van der Waals surface area contributed by atoms with Crippen molar-refractivity contribution in [2.75, 3.05) is 0 Å². The number of hydrogen-bond donors (Lipinski definition) is 2. The summed E-state index contributed by atoms with van der Waals surface area (Å²) in [6.07, 6.45) is -3.30. The molecule has 0 saturated heterocycles. The molecular formula is C24H18O5. The van der Waals surface area contributed by atoms with E-state index in [1.165, 1.54) is 0 Å². The van der Waals surface area contributed by atoms with Gasteiger partial charge in [-0.1, -0.05) is 84.9 Å². The van der Waals surface area contributed by atoms with E-state index in [1.807, 2.05) is 36.4 Å². The molecule has 0 radical (unpaired) electrons. The minimum Gasteiger partial charge on any atom is -0.389 e. The number of ether oxygens (including phenoxy) is 1. The Labute approximate surface area is 166 Å². The van der Waals surface area contributed by atoms with E-state index in [9.17, 15) is 19.8 Å². The van der Waals surface area contributed by atoms with E-state index >= 15 is 0 Å². The van der Waals surface area contributed by atoms with Gasteiger partial charge < -0.3 is 14.9 Å². The molecule has 2 N–H and O–H groups in total. The average Bonchev–Trinajstić information content (AvgIpc) is 2.77. The summed E-state index contributed by atoms with van der Waals surface area (Å²) in [6, 6.07) is 24.8. The third-order valence-corrected chi connectivity index (χ3v) is 4.88. The number of aliphatic hydroxyl groups excluding tert-OH is 2. The highest BCUT2D eigenvalue weighted by molar-refractivity contribution is 5.96. The summed E-state index contributed by atoms with van der Waals surface area (Å²) >= 11 is 0. The number of carbonyl (C=O) groups excluding carboxylic acids is 2. The summed E-state index contributed by atoms with van der Waals surface area (Å²) in [5, 5.41) is 24.0. The molecule has 0 aliphatic heterocycles. The van der Waals surface area contributed by atoms with Crippen LogP contribution in [0.3, 0.4) is 0 Å². The zero-order valence-corrected chi connectivity index (χ0v) is 15.4. The van der Waals surface area contributed by atoms with Crippen LogP contribution in [0.2, 0.25) is 0 Å². The van der Waals surface area contributed by atoms with Gasteiger partial charge in [0.15, 0.2) is 12.2 Å². The van der Waals surface area contributed by atoms with Crippen molar-refractivity contribution in [3.05, 3.63) is 96.1 Å². The largest absolute Gasteiger partial charge is 0.389 e.